The normalized spacial score (nSPS) is 14.5. The van der Waals surface area contributed by atoms with Crippen molar-refractivity contribution in [3.8, 4) is 11.7 Å². The molecule has 0 radical (unpaired) electrons. The molecule has 0 bridgehead atoms. The third-order valence-electron chi connectivity index (χ3n) is 3.90. The van der Waals surface area contributed by atoms with Crippen molar-refractivity contribution in [2.45, 2.75) is 32.0 Å². The van der Waals surface area contributed by atoms with E-state index < -0.39 is 0 Å². The number of hydrogen-bond donors (Lipinski definition) is 0. The minimum absolute atomic E-state index is 0.423. The van der Waals surface area contributed by atoms with Crippen LogP contribution in [0.2, 0.25) is 5.02 Å². The zero-order valence-electron chi connectivity index (χ0n) is 12.5. The van der Waals surface area contributed by atoms with E-state index in [0.717, 1.165) is 11.6 Å². The highest BCUT2D eigenvalue weighted by Gasteiger charge is 2.30. The number of aromatic nitrogens is 2. The van der Waals surface area contributed by atoms with Gasteiger partial charge in [-0.2, -0.15) is 0 Å². The predicted octanol–water partition coefficient (Wildman–Crippen LogP) is 4.15. The van der Waals surface area contributed by atoms with Crippen LogP contribution in [-0.2, 0) is 13.1 Å². The number of hydrogen-bond acceptors (Lipinski definition) is 5. The molecule has 0 spiro atoms. The average Bonchev–Trinajstić information content (AvgIpc) is 3.07. The number of halogens is 1. The molecule has 2 aromatic heterocycles. The lowest BCUT2D eigenvalue weighted by Gasteiger charge is -2.20. The largest absolute Gasteiger partial charge is 0.459 e. The predicted molar refractivity (Wildman–Crippen MR) is 85.7 cm³/mol. The minimum atomic E-state index is 0.423. The van der Waals surface area contributed by atoms with E-state index in [0.29, 0.717) is 30.1 Å². The van der Waals surface area contributed by atoms with E-state index >= 15 is 0 Å². The van der Waals surface area contributed by atoms with Gasteiger partial charge in [0.1, 0.15) is 0 Å². The molecule has 1 aliphatic carbocycles. The molecule has 5 nitrogen and oxygen atoms in total. The van der Waals surface area contributed by atoms with Crippen molar-refractivity contribution in [2.24, 2.45) is 0 Å². The summed E-state index contributed by atoms with van der Waals surface area (Å²) in [7, 11) is 0. The Labute approximate surface area is 138 Å². The van der Waals surface area contributed by atoms with Gasteiger partial charge in [-0.15, -0.1) is 10.2 Å². The highest BCUT2D eigenvalue weighted by Crippen LogP contribution is 2.30. The van der Waals surface area contributed by atoms with Gasteiger partial charge in [0.05, 0.1) is 12.8 Å². The van der Waals surface area contributed by atoms with Gasteiger partial charge in [-0.3, -0.25) is 4.90 Å². The first kappa shape index (κ1) is 14.5. The van der Waals surface area contributed by atoms with Crippen LogP contribution in [0.4, 0.5) is 0 Å². The van der Waals surface area contributed by atoms with Crippen molar-refractivity contribution in [3.63, 3.8) is 0 Å². The molecular formula is C17H16ClN3O2. The van der Waals surface area contributed by atoms with E-state index in [1.165, 1.54) is 18.4 Å². The Kier molecular flexibility index (Phi) is 3.89. The van der Waals surface area contributed by atoms with Crippen molar-refractivity contribution in [2.75, 3.05) is 0 Å². The smallest absolute Gasteiger partial charge is 0.283 e. The van der Waals surface area contributed by atoms with Crippen LogP contribution in [0.15, 0.2) is 51.5 Å². The van der Waals surface area contributed by atoms with Crippen LogP contribution < -0.4 is 0 Å². The lowest BCUT2D eigenvalue weighted by molar-refractivity contribution is 0.221. The average molecular weight is 330 g/mol. The summed E-state index contributed by atoms with van der Waals surface area (Å²) in [6, 6.07) is 12.2. The molecule has 3 aromatic rings. The molecule has 6 heteroatoms. The van der Waals surface area contributed by atoms with Gasteiger partial charge in [0, 0.05) is 17.6 Å². The fourth-order valence-electron chi connectivity index (χ4n) is 2.57. The highest BCUT2D eigenvalue weighted by atomic mass is 35.5. The van der Waals surface area contributed by atoms with Gasteiger partial charge < -0.3 is 8.83 Å². The third kappa shape index (κ3) is 3.46. The fourth-order valence-corrected chi connectivity index (χ4v) is 2.70. The van der Waals surface area contributed by atoms with Crippen molar-refractivity contribution in [3.05, 3.63) is 59.1 Å². The first-order valence-electron chi connectivity index (χ1n) is 7.63. The maximum absolute atomic E-state index is 5.95. The quantitative estimate of drug-likeness (QED) is 0.680. The van der Waals surface area contributed by atoms with Crippen LogP contribution in [0, 0.1) is 0 Å². The van der Waals surface area contributed by atoms with Crippen molar-refractivity contribution in [1.82, 2.24) is 15.1 Å². The van der Waals surface area contributed by atoms with Gasteiger partial charge in [-0.25, -0.2) is 0 Å². The maximum Gasteiger partial charge on any atom is 0.283 e. The minimum Gasteiger partial charge on any atom is -0.459 e. The van der Waals surface area contributed by atoms with E-state index in [-0.39, 0.29) is 0 Å². The summed E-state index contributed by atoms with van der Waals surface area (Å²) in [6.07, 6.45) is 4.02. The molecule has 118 valence electrons. The molecule has 1 saturated carbocycles. The van der Waals surface area contributed by atoms with E-state index in [4.69, 9.17) is 20.4 Å². The zero-order valence-corrected chi connectivity index (χ0v) is 13.2. The summed E-state index contributed by atoms with van der Waals surface area (Å²) in [4.78, 5) is 2.36. The molecule has 2 heterocycles. The molecule has 0 aliphatic heterocycles. The van der Waals surface area contributed by atoms with Gasteiger partial charge in [-0.1, -0.05) is 23.7 Å². The Morgan fingerprint density at radius 3 is 2.61 bits per heavy atom. The van der Waals surface area contributed by atoms with E-state index in [9.17, 15) is 0 Å². The van der Waals surface area contributed by atoms with Crippen LogP contribution in [0.1, 0.15) is 24.3 Å². The molecule has 4 rings (SSSR count). The SMILES string of the molecule is Clc1ccc(CN(Cc2nnc(-c3ccco3)o2)C2CC2)cc1. The monoisotopic (exact) mass is 329 g/mol. The second kappa shape index (κ2) is 6.18. The first-order valence-corrected chi connectivity index (χ1v) is 8.00. The molecule has 1 aromatic carbocycles. The topological polar surface area (TPSA) is 55.3 Å². The Bertz CT molecular complexity index is 764. The van der Waals surface area contributed by atoms with Gasteiger partial charge in [0.15, 0.2) is 5.76 Å². The highest BCUT2D eigenvalue weighted by molar-refractivity contribution is 6.30. The van der Waals surface area contributed by atoms with E-state index in [2.05, 4.69) is 27.2 Å². The van der Waals surface area contributed by atoms with Crippen molar-refractivity contribution >= 4 is 11.6 Å². The van der Waals surface area contributed by atoms with Gasteiger partial charge in [0.2, 0.25) is 5.89 Å². The van der Waals surface area contributed by atoms with Crippen molar-refractivity contribution < 1.29 is 8.83 Å². The molecule has 0 amide bonds. The Morgan fingerprint density at radius 1 is 1.09 bits per heavy atom. The standard InChI is InChI=1S/C17H16ClN3O2/c18-13-5-3-12(4-6-13)10-21(14-7-8-14)11-16-19-20-17(23-16)15-2-1-9-22-15/h1-6,9,14H,7-8,10-11H2. The fraction of sp³-hybridized carbons (Fsp3) is 0.294. The molecular weight excluding hydrogens is 314 g/mol. The molecule has 23 heavy (non-hydrogen) atoms. The first-order chi connectivity index (χ1) is 11.3. The summed E-state index contributed by atoms with van der Waals surface area (Å²) >= 11 is 5.95. The summed E-state index contributed by atoms with van der Waals surface area (Å²) in [6.45, 7) is 1.49. The Balaban J connectivity index is 1.47. The molecule has 0 atom stereocenters. The number of furan rings is 1. The van der Waals surface area contributed by atoms with Gasteiger partial charge in [-0.05, 0) is 42.7 Å². The molecule has 0 saturated heterocycles. The lowest BCUT2D eigenvalue weighted by atomic mass is 10.2. The van der Waals surface area contributed by atoms with Crippen LogP contribution in [0.3, 0.4) is 0 Å². The van der Waals surface area contributed by atoms with Gasteiger partial charge in [0.25, 0.3) is 5.89 Å². The maximum atomic E-state index is 5.95. The van der Waals surface area contributed by atoms with E-state index in [1.807, 2.05) is 18.2 Å². The zero-order chi connectivity index (χ0) is 15.6. The molecule has 0 unspecified atom stereocenters. The second-order valence-electron chi connectivity index (χ2n) is 5.74. The Hall–Kier alpha value is -2.11. The number of nitrogens with zero attached hydrogens (tertiary/aromatic N) is 3. The summed E-state index contributed by atoms with van der Waals surface area (Å²) in [5.41, 5.74) is 1.23. The number of rotatable bonds is 6. The van der Waals surface area contributed by atoms with Gasteiger partial charge >= 0.3 is 0 Å². The Morgan fingerprint density at radius 2 is 1.91 bits per heavy atom. The summed E-state index contributed by atoms with van der Waals surface area (Å²) in [5, 5.41) is 8.95. The van der Waals surface area contributed by atoms with Crippen LogP contribution in [0.5, 0.6) is 0 Å². The lowest BCUT2D eigenvalue weighted by Crippen LogP contribution is -2.25. The van der Waals surface area contributed by atoms with Crippen molar-refractivity contribution in [1.29, 1.82) is 0 Å². The van der Waals surface area contributed by atoms with E-state index in [1.54, 1.807) is 12.3 Å². The molecule has 0 N–H and O–H groups in total. The van der Waals surface area contributed by atoms with Crippen LogP contribution in [0.25, 0.3) is 11.7 Å². The van der Waals surface area contributed by atoms with Crippen LogP contribution in [-0.4, -0.2) is 21.1 Å². The van der Waals surface area contributed by atoms with Crippen LogP contribution >= 0.6 is 11.6 Å². The molecule has 1 fully saturated rings. The second-order valence-corrected chi connectivity index (χ2v) is 6.18. The summed E-state index contributed by atoms with van der Waals surface area (Å²) < 4.78 is 11.0. The number of benzene rings is 1. The molecule has 1 aliphatic rings. The summed E-state index contributed by atoms with van der Waals surface area (Å²) in [5.74, 6) is 1.63. The third-order valence-corrected chi connectivity index (χ3v) is 4.15.